The zero-order valence-electron chi connectivity index (χ0n) is 11.2. The van der Waals surface area contributed by atoms with E-state index in [1.807, 2.05) is 25.1 Å². The molecule has 1 aromatic carbocycles. The molecule has 2 N–H and O–H groups in total. The third kappa shape index (κ3) is 5.02. The zero-order chi connectivity index (χ0) is 13.5. The Morgan fingerprint density at radius 1 is 1.33 bits per heavy atom. The summed E-state index contributed by atoms with van der Waals surface area (Å²) in [6.45, 7) is 8.14. The van der Waals surface area contributed by atoms with Gasteiger partial charge in [0, 0.05) is 12.2 Å². The number of aryl methyl sites for hydroxylation is 1. The van der Waals surface area contributed by atoms with Crippen LogP contribution < -0.4 is 10.5 Å². The Morgan fingerprint density at radius 3 is 2.61 bits per heavy atom. The van der Waals surface area contributed by atoms with E-state index in [9.17, 15) is 0 Å². The Labute approximate surface area is 114 Å². The minimum atomic E-state index is 0.416. The van der Waals surface area contributed by atoms with Crippen molar-refractivity contribution >= 4 is 17.2 Å². The van der Waals surface area contributed by atoms with Crippen molar-refractivity contribution in [2.75, 3.05) is 19.8 Å². The molecule has 0 saturated carbocycles. The van der Waals surface area contributed by atoms with Gasteiger partial charge in [-0.15, -0.1) is 0 Å². The van der Waals surface area contributed by atoms with Crippen LogP contribution in [0.2, 0.25) is 0 Å². The van der Waals surface area contributed by atoms with Gasteiger partial charge in [-0.25, -0.2) is 0 Å². The van der Waals surface area contributed by atoms with Gasteiger partial charge in [0.25, 0.3) is 0 Å². The van der Waals surface area contributed by atoms with Gasteiger partial charge in [0.1, 0.15) is 17.3 Å². The highest BCUT2D eigenvalue weighted by molar-refractivity contribution is 7.80. The van der Waals surface area contributed by atoms with Crippen molar-refractivity contribution in [3.8, 4) is 5.75 Å². The van der Waals surface area contributed by atoms with Gasteiger partial charge >= 0.3 is 0 Å². The van der Waals surface area contributed by atoms with Gasteiger partial charge in [-0.3, -0.25) is 0 Å². The highest BCUT2D eigenvalue weighted by atomic mass is 32.1. The fourth-order valence-corrected chi connectivity index (χ4v) is 1.77. The third-order valence-electron chi connectivity index (χ3n) is 2.41. The van der Waals surface area contributed by atoms with Crippen LogP contribution in [0.25, 0.3) is 0 Å². The summed E-state index contributed by atoms with van der Waals surface area (Å²) >= 11 is 4.96. The summed E-state index contributed by atoms with van der Waals surface area (Å²) < 4.78 is 11.0. The Balaban J connectivity index is 2.39. The van der Waals surface area contributed by atoms with Crippen molar-refractivity contribution in [3.63, 3.8) is 0 Å². The van der Waals surface area contributed by atoms with Crippen molar-refractivity contribution in [2.45, 2.75) is 20.8 Å². The number of benzene rings is 1. The van der Waals surface area contributed by atoms with Crippen LogP contribution >= 0.6 is 12.2 Å². The van der Waals surface area contributed by atoms with Gasteiger partial charge in [-0.1, -0.05) is 26.1 Å². The van der Waals surface area contributed by atoms with Crippen molar-refractivity contribution in [2.24, 2.45) is 11.7 Å². The van der Waals surface area contributed by atoms with Crippen LogP contribution in [0, 0.1) is 12.8 Å². The molecular weight excluding hydrogens is 246 g/mol. The summed E-state index contributed by atoms with van der Waals surface area (Å²) in [6, 6.07) is 5.71. The highest BCUT2D eigenvalue weighted by Crippen LogP contribution is 2.17. The molecule has 0 bridgehead atoms. The molecule has 3 nitrogen and oxygen atoms in total. The van der Waals surface area contributed by atoms with E-state index in [1.54, 1.807) is 0 Å². The largest absolute Gasteiger partial charge is 0.491 e. The molecule has 0 spiro atoms. The van der Waals surface area contributed by atoms with E-state index in [2.05, 4.69) is 13.8 Å². The van der Waals surface area contributed by atoms with Gasteiger partial charge in [-0.05, 0) is 36.6 Å². The summed E-state index contributed by atoms with van der Waals surface area (Å²) in [4.78, 5) is 0.416. The van der Waals surface area contributed by atoms with E-state index >= 15 is 0 Å². The number of nitrogens with two attached hydrogens (primary N) is 1. The topological polar surface area (TPSA) is 44.5 Å². The van der Waals surface area contributed by atoms with Crippen LogP contribution in [-0.4, -0.2) is 24.8 Å². The highest BCUT2D eigenvalue weighted by Gasteiger charge is 2.03. The molecule has 0 aliphatic carbocycles. The Hall–Kier alpha value is -1.13. The maximum atomic E-state index is 5.60. The van der Waals surface area contributed by atoms with E-state index in [0.717, 1.165) is 23.5 Å². The van der Waals surface area contributed by atoms with Crippen LogP contribution in [0.4, 0.5) is 0 Å². The van der Waals surface area contributed by atoms with Crippen molar-refractivity contribution in [3.05, 3.63) is 29.3 Å². The lowest BCUT2D eigenvalue weighted by Gasteiger charge is -2.10. The van der Waals surface area contributed by atoms with Crippen LogP contribution in [0.15, 0.2) is 18.2 Å². The predicted molar refractivity (Wildman–Crippen MR) is 78.2 cm³/mol. The van der Waals surface area contributed by atoms with Gasteiger partial charge in [0.2, 0.25) is 0 Å². The maximum absolute atomic E-state index is 5.60. The fourth-order valence-electron chi connectivity index (χ4n) is 1.54. The molecule has 0 amide bonds. The molecule has 0 aliphatic heterocycles. The van der Waals surface area contributed by atoms with Crippen LogP contribution in [0.3, 0.4) is 0 Å². The first-order valence-electron chi connectivity index (χ1n) is 6.11. The van der Waals surface area contributed by atoms with Crippen LogP contribution in [0.1, 0.15) is 25.0 Å². The molecule has 4 heteroatoms. The number of hydrogen-bond acceptors (Lipinski definition) is 3. The zero-order valence-corrected chi connectivity index (χ0v) is 12.0. The number of thiocarbonyl (C=S) groups is 1. The molecule has 0 aromatic heterocycles. The summed E-state index contributed by atoms with van der Waals surface area (Å²) in [5.74, 6) is 1.37. The van der Waals surface area contributed by atoms with E-state index in [0.29, 0.717) is 24.1 Å². The minimum Gasteiger partial charge on any atom is -0.491 e. The molecular formula is C14H21NO2S. The van der Waals surface area contributed by atoms with Crippen molar-refractivity contribution in [1.82, 2.24) is 0 Å². The minimum absolute atomic E-state index is 0.416. The second kappa shape index (κ2) is 7.34. The number of hydrogen-bond donors (Lipinski definition) is 1. The predicted octanol–water partition coefficient (Wildman–Crippen LogP) is 2.68. The van der Waals surface area contributed by atoms with Gasteiger partial charge < -0.3 is 15.2 Å². The van der Waals surface area contributed by atoms with Gasteiger partial charge in [0.15, 0.2) is 0 Å². The fraction of sp³-hybridized carbons (Fsp3) is 0.500. The lowest BCUT2D eigenvalue weighted by Crippen LogP contribution is -2.12. The first-order chi connectivity index (χ1) is 8.50. The smallest absolute Gasteiger partial charge is 0.119 e. The molecule has 100 valence electrons. The third-order valence-corrected chi connectivity index (χ3v) is 2.63. The average molecular weight is 267 g/mol. The Morgan fingerprint density at radius 2 is 2.06 bits per heavy atom. The lowest BCUT2D eigenvalue weighted by atomic mass is 10.1. The standard InChI is InChI=1S/C14H21NO2S/c1-10(2)9-16-6-7-17-12-4-5-13(14(15)18)11(3)8-12/h4-5,8,10H,6-7,9H2,1-3H3,(H2,15,18). The Kier molecular flexibility index (Phi) is 6.09. The average Bonchev–Trinajstić information content (AvgIpc) is 2.27. The Bertz CT molecular complexity index is 405. The quantitative estimate of drug-likeness (QED) is 0.609. The molecule has 0 saturated heterocycles. The molecule has 0 radical (unpaired) electrons. The molecule has 0 fully saturated rings. The molecule has 1 aromatic rings. The molecule has 0 unspecified atom stereocenters. The van der Waals surface area contributed by atoms with E-state index in [-0.39, 0.29) is 0 Å². The first kappa shape index (κ1) is 14.9. The maximum Gasteiger partial charge on any atom is 0.119 e. The van der Waals surface area contributed by atoms with Crippen LogP contribution in [-0.2, 0) is 4.74 Å². The summed E-state index contributed by atoms with van der Waals surface area (Å²) in [6.07, 6.45) is 0. The monoisotopic (exact) mass is 267 g/mol. The second-order valence-electron chi connectivity index (χ2n) is 4.66. The van der Waals surface area contributed by atoms with E-state index in [4.69, 9.17) is 27.4 Å². The first-order valence-corrected chi connectivity index (χ1v) is 6.52. The van der Waals surface area contributed by atoms with Crippen LogP contribution in [0.5, 0.6) is 5.75 Å². The number of ether oxygens (including phenoxy) is 2. The molecule has 18 heavy (non-hydrogen) atoms. The van der Waals surface area contributed by atoms with Crippen molar-refractivity contribution < 1.29 is 9.47 Å². The summed E-state index contributed by atoms with van der Waals surface area (Å²) in [5.41, 5.74) is 7.53. The lowest BCUT2D eigenvalue weighted by molar-refractivity contribution is 0.0819. The summed E-state index contributed by atoms with van der Waals surface area (Å²) in [5, 5.41) is 0. The van der Waals surface area contributed by atoms with E-state index < -0.39 is 0 Å². The van der Waals surface area contributed by atoms with Gasteiger partial charge in [0.05, 0.1) is 6.61 Å². The molecule has 0 aliphatic rings. The molecule has 0 atom stereocenters. The normalized spacial score (nSPS) is 10.7. The van der Waals surface area contributed by atoms with Gasteiger partial charge in [-0.2, -0.15) is 0 Å². The molecule has 1 rings (SSSR count). The number of rotatable bonds is 7. The summed E-state index contributed by atoms with van der Waals surface area (Å²) in [7, 11) is 0. The SMILES string of the molecule is Cc1cc(OCCOCC(C)C)ccc1C(N)=S. The molecule has 0 heterocycles. The van der Waals surface area contributed by atoms with E-state index in [1.165, 1.54) is 0 Å². The second-order valence-corrected chi connectivity index (χ2v) is 5.10. The van der Waals surface area contributed by atoms with Crippen molar-refractivity contribution in [1.29, 1.82) is 0 Å².